The second kappa shape index (κ2) is 8.65. The predicted molar refractivity (Wildman–Crippen MR) is 99.9 cm³/mol. The molecule has 0 bridgehead atoms. The minimum Gasteiger partial charge on any atom is -0.497 e. The summed E-state index contributed by atoms with van der Waals surface area (Å²) in [5.74, 6) is 0.256. The normalized spacial score (nSPS) is 15.1. The monoisotopic (exact) mass is 367 g/mol. The van der Waals surface area contributed by atoms with E-state index in [-0.39, 0.29) is 11.5 Å². The third-order valence-corrected chi connectivity index (χ3v) is 4.77. The van der Waals surface area contributed by atoms with E-state index in [1.165, 1.54) is 6.07 Å². The van der Waals surface area contributed by atoms with Gasteiger partial charge in [-0.1, -0.05) is 6.07 Å². The average Bonchev–Trinajstić information content (AvgIpc) is 2.94. The lowest BCUT2D eigenvalue weighted by molar-refractivity contribution is 0.0761. The Labute approximate surface area is 158 Å². The van der Waals surface area contributed by atoms with Crippen LogP contribution in [0, 0.1) is 17.1 Å². The topological polar surface area (TPSA) is 56.6 Å². The number of amides is 1. The molecule has 0 saturated carbocycles. The van der Waals surface area contributed by atoms with E-state index in [1.54, 1.807) is 43.5 Å². The van der Waals surface area contributed by atoms with Gasteiger partial charge in [0.05, 0.1) is 12.7 Å². The van der Waals surface area contributed by atoms with Gasteiger partial charge in [-0.05, 0) is 48.4 Å². The molecule has 3 rings (SSSR count). The maximum Gasteiger partial charge on any atom is 0.253 e. The van der Waals surface area contributed by atoms with Crippen LogP contribution in [0.25, 0.3) is 0 Å². The number of carbonyl (C=O) groups is 1. The number of hydrogen-bond acceptors (Lipinski definition) is 4. The highest BCUT2D eigenvalue weighted by molar-refractivity contribution is 5.94. The van der Waals surface area contributed by atoms with E-state index < -0.39 is 5.82 Å². The molecule has 0 spiro atoms. The van der Waals surface area contributed by atoms with Crippen molar-refractivity contribution in [3.63, 3.8) is 0 Å². The predicted octanol–water partition coefficient (Wildman–Crippen LogP) is 3.05. The van der Waals surface area contributed by atoms with Crippen LogP contribution in [0.5, 0.6) is 5.75 Å². The first kappa shape index (κ1) is 18.9. The van der Waals surface area contributed by atoms with E-state index in [9.17, 15) is 9.18 Å². The molecule has 1 amide bonds. The van der Waals surface area contributed by atoms with Gasteiger partial charge in [-0.15, -0.1) is 0 Å². The van der Waals surface area contributed by atoms with E-state index >= 15 is 0 Å². The Hall–Kier alpha value is -2.91. The number of methoxy groups -OCH3 is 1. The number of nitriles is 1. The standard InChI is InChI=1S/C21H22FN3O2/c1-27-19-6-4-17(5-7-19)21(26)25-10-2-9-24(11-12-25)15-16-3-8-20(22)18(13-16)14-23/h3-8,13H,2,9-12,15H2,1H3. The van der Waals surface area contributed by atoms with Crippen LogP contribution in [-0.2, 0) is 6.54 Å². The first-order valence-corrected chi connectivity index (χ1v) is 8.95. The van der Waals surface area contributed by atoms with Gasteiger partial charge in [0.25, 0.3) is 5.91 Å². The summed E-state index contributed by atoms with van der Waals surface area (Å²) in [7, 11) is 1.60. The first-order valence-electron chi connectivity index (χ1n) is 8.95. The average molecular weight is 367 g/mol. The molecule has 1 fully saturated rings. The number of ether oxygens (including phenoxy) is 1. The molecule has 1 aliphatic heterocycles. The number of halogens is 1. The number of benzene rings is 2. The van der Waals surface area contributed by atoms with E-state index in [0.29, 0.717) is 25.2 Å². The highest BCUT2D eigenvalue weighted by atomic mass is 19.1. The summed E-state index contributed by atoms with van der Waals surface area (Å²) in [5.41, 5.74) is 1.63. The summed E-state index contributed by atoms with van der Waals surface area (Å²) >= 11 is 0. The molecule has 1 heterocycles. The van der Waals surface area contributed by atoms with Crippen LogP contribution >= 0.6 is 0 Å². The van der Waals surface area contributed by atoms with Gasteiger partial charge in [0, 0.05) is 38.3 Å². The summed E-state index contributed by atoms with van der Waals surface area (Å²) in [6.45, 7) is 3.57. The lowest BCUT2D eigenvalue weighted by atomic mass is 10.1. The highest BCUT2D eigenvalue weighted by Gasteiger charge is 2.20. The summed E-state index contributed by atoms with van der Waals surface area (Å²) in [6.07, 6.45) is 0.869. The van der Waals surface area contributed by atoms with Crippen molar-refractivity contribution < 1.29 is 13.9 Å². The number of hydrogen-bond donors (Lipinski definition) is 0. The minimum absolute atomic E-state index is 0.0213. The van der Waals surface area contributed by atoms with Crippen LogP contribution in [0.3, 0.4) is 0 Å². The Kier molecular flexibility index (Phi) is 6.05. The van der Waals surface area contributed by atoms with Crippen LogP contribution in [0.1, 0.15) is 27.9 Å². The molecule has 6 heteroatoms. The number of rotatable bonds is 4. The molecular formula is C21H22FN3O2. The molecule has 27 heavy (non-hydrogen) atoms. The lowest BCUT2D eigenvalue weighted by Crippen LogP contribution is -2.35. The van der Waals surface area contributed by atoms with Gasteiger partial charge in [0.2, 0.25) is 0 Å². The number of carbonyl (C=O) groups excluding carboxylic acids is 1. The Morgan fingerprint density at radius 1 is 1.15 bits per heavy atom. The van der Waals surface area contributed by atoms with Crippen molar-refractivity contribution in [1.29, 1.82) is 5.26 Å². The zero-order chi connectivity index (χ0) is 19.2. The zero-order valence-electron chi connectivity index (χ0n) is 15.3. The quantitative estimate of drug-likeness (QED) is 0.833. The van der Waals surface area contributed by atoms with Crippen molar-refractivity contribution in [1.82, 2.24) is 9.80 Å². The molecule has 0 unspecified atom stereocenters. The van der Waals surface area contributed by atoms with Gasteiger partial charge in [-0.2, -0.15) is 5.26 Å². The van der Waals surface area contributed by atoms with Gasteiger partial charge in [0.15, 0.2) is 0 Å². The molecule has 0 aromatic heterocycles. The first-order chi connectivity index (χ1) is 13.1. The summed E-state index contributed by atoms with van der Waals surface area (Å²) in [5, 5.41) is 8.98. The third-order valence-electron chi connectivity index (χ3n) is 4.77. The lowest BCUT2D eigenvalue weighted by Gasteiger charge is -2.22. The van der Waals surface area contributed by atoms with Gasteiger partial charge >= 0.3 is 0 Å². The fraction of sp³-hybridized carbons (Fsp3) is 0.333. The van der Waals surface area contributed by atoms with Crippen molar-refractivity contribution in [2.75, 3.05) is 33.3 Å². The maximum atomic E-state index is 13.5. The minimum atomic E-state index is -0.492. The van der Waals surface area contributed by atoms with Crippen LogP contribution in [0.2, 0.25) is 0 Å². The van der Waals surface area contributed by atoms with Crippen molar-refractivity contribution in [3.05, 3.63) is 65.0 Å². The van der Waals surface area contributed by atoms with Crippen molar-refractivity contribution in [2.45, 2.75) is 13.0 Å². The van der Waals surface area contributed by atoms with Gasteiger partial charge < -0.3 is 9.64 Å². The molecule has 1 saturated heterocycles. The molecule has 1 aliphatic rings. The van der Waals surface area contributed by atoms with Crippen molar-refractivity contribution in [2.24, 2.45) is 0 Å². The zero-order valence-corrected chi connectivity index (χ0v) is 15.3. The highest BCUT2D eigenvalue weighted by Crippen LogP contribution is 2.16. The van der Waals surface area contributed by atoms with Crippen molar-refractivity contribution >= 4 is 5.91 Å². The maximum absolute atomic E-state index is 13.5. The second-order valence-electron chi connectivity index (χ2n) is 6.58. The summed E-state index contributed by atoms with van der Waals surface area (Å²) < 4.78 is 18.6. The molecule has 0 N–H and O–H groups in total. The largest absolute Gasteiger partial charge is 0.497 e. The summed E-state index contributed by atoms with van der Waals surface area (Å²) in [6, 6.07) is 13.7. The van der Waals surface area contributed by atoms with Crippen LogP contribution < -0.4 is 4.74 Å². The Balaban J connectivity index is 1.61. The Morgan fingerprint density at radius 2 is 1.93 bits per heavy atom. The molecule has 2 aromatic rings. The van der Waals surface area contributed by atoms with E-state index in [0.717, 1.165) is 30.8 Å². The number of nitrogens with zero attached hydrogens (tertiary/aromatic N) is 3. The Morgan fingerprint density at radius 3 is 2.63 bits per heavy atom. The molecule has 0 radical (unpaired) electrons. The third kappa shape index (κ3) is 4.63. The SMILES string of the molecule is COc1ccc(C(=O)N2CCCN(Cc3ccc(F)c(C#N)c3)CC2)cc1. The molecular weight excluding hydrogens is 345 g/mol. The van der Waals surface area contributed by atoms with E-state index in [2.05, 4.69) is 4.90 Å². The fourth-order valence-electron chi connectivity index (χ4n) is 3.26. The van der Waals surface area contributed by atoms with Gasteiger partial charge in [0.1, 0.15) is 17.6 Å². The van der Waals surface area contributed by atoms with E-state index in [4.69, 9.17) is 10.00 Å². The smallest absolute Gasteiger partial charge is 0.253 e. The van der Waals surface area contributed by atoms with Gasteiger partial charge in [-0.3, -0.25) is 9.69 Å². The van der Waals surface area contributed by atoms with Gasteiger partial charge in [-0.25, -0.2) is 4.39 Å². The Bertz CT molecular complexity index is 845. The molecule has 140 valence electrons. The second-order valence-corrected chi connectivity index (χ2v) is 6.58. The molecule has 0 atom stereocenters. The van der Waals surface area contributed by atoms with Crippen LogP contribution in [0.4, 0.5) is 4.39 Å². The van der Waals surface area contributed by atoms with Crippen molar-refractivity contribution in [3.8, 4) is 11.8 Å². The van der Waals surface area contributed by atoms with E-state index in [1.807, 2.05) is 11.0 Å². The summed E-state index contributed by atoms with van der Waals surface area (Å²) in [4.78, 5) is 16.8. The van der Waals surface area contributed by atoms with Crippen LogP contribution in [0.15, 0.2) is 42.5 Å². The van der Waals surface area contributed by atoms with Crippen LogP contribution in [-0.4, -0.2) is 49.0 Å². The molecule has 2 aromatic carbocycles. The molecule has 5 nitrogen and oxygen atoms in total. The fourth-order valence-corrected chi connectivity index (χ4v) is 3.26. The molecule has 0 aliphatic carbocycles.